The zero-order valence-electron chi connectivity index (χ0n) is 31.5. The quantitative estimate of drug-likeness (QED) is 0.170. The second-order valence-corrected chi connectivity index (χ2v) is 14.8. The van der Waals surface area contributed by atoms with Crippen molar-refractivity contribution >= 4 is 33.6 Å². The average molecular weight is 742 g/mol. The van der Waals surface area contributed by atoms with Crippen molar-refractivity contribution in [2.45, 2.75) is 6.42 Å². The fraction of sp³-hybridized carbons (Fsp3) is 0.0185. The van der Waals surface area contributed by atoms with E-state index in [0.29, 0.717) is 17.5 Å². The molecule has 2 heterocycles. The van der Waals surface area contributed by atoms with Gasteiger partial charge in [0.15, 0.2) is 17.5 Å². The van der Waals surface area contributed by atoms with Gasteiger partial charge in [0.05, 0.1) is 0 Å². The van der Waals surface area contributed by atoms with E-state index in [1.165, 1.54) is 44.5 Å². The van der Waals surface area contributed by atoms with Crippen LogP contribution in [-0.4, -0.2) is 15.0 Å². The molecule has 0 amide bonds. The Labute approximate surface area is 336 Å². The number of furan rings is 1. The third kappa shape index (κ3) is 6.08. The van der Waals surface area contributed by atoms with Crippen LogP contribution in [0, 0.1) is 0 Å². The molecule has 0 spiro atoms. The molecular formula is C54H35N3O. The number of hydrogen-bond donors (Lipinski definition) is 0. The van der Waals surface area contributed by atoms with Crippen molar-refractivity contribution in [1.29, 1.82) is 0 Å². The van der Waals surface area contributed by atoms with E-state index in [9.17, 15) is 0 Å². The SMILES string of the molecule is C1=C(c2cccc3oc4cc(-c5nc(-c6ccccc6)nc(-c6cccc(-c7ccccc7)c6)n5)ccc4c23)Cc2ccccc2-c2cc(-c3ccccc3)ccc21. The molecule has 0 saturated carbocycles. The van der Waals surface area contributed by atoms with E-state index < -0.39 is 0 Å². The first kappa shape index (κ1) is 33.6. The molecule has 0 atom stereocenters. The van der Waals surface area contributed by atoms with E-state index in [1.807, 2.05) is 36.4 Å². The van der Waals surface area contributed by atoms with Gasteiger partial charge in [0.1, 0.15) is 11.2 Å². The van der Waals surface area contributed by atoms with Crippen LogP contribution in [0.15, 0.2) is 199 Å². The minimum Gasteiger partial charge on any atom is -0.456 e. The maximum atomic E-state index is 6.68. The Bertz CT molecular complexity index is 3180. The molecule has 8 aromatic carbocycles. The van der Waals surface area contributed by atoms with Gasteiger partial charge in [0.25, 0.3) is 0 Å². The first-order valence-electron chi connectivity index (χ1n) is 19.6. The van der Waals surface area contributed by atoms with Gasteiger partial charge in [-0.25, -0.2) is 15.0 Å². The number of benzene rings is 8. The fourth-order valence-electron chi connectivity index (χ4n) is 8.33. The molecule has 4 nitrogen and oxygen atoms in total. The summed E-state index contributed by atoms with van der Waals surface area (Å²) in [5.41, 5.74) is 16.5. The number of rotatable bonds is 6. The molecule has 0 radical (unpaired) electrons. The summed E-state index contributed by atoms with van der Waals surface area (Å²) in [6, 6.07) is 67.9. The molecule has 1 aliphatic rings. The van der Waals surface area contributed by atoms with Crippen LogP contribution >= 0.6 is 0 Å². The highest BCUT2D eigenvalue weighted by molar-refractivity contribution is 6.12. The van der Waals surface area contributed by atoms with Crippen molar-refractivity contribution in [3.63, 3.8) is 0 Å². The average Bonchev–Trinajstić information content (AvgIpc) is 3.59. The lowest BCUT2D eigenvalue weighted by Crippen LogP contribution is -2.00. The van der Waals surface area contributed by atoms with Gasteiger partial charge in [-0.15, -0.1) is 0 Å². The van der Waals surface area contributed by atoms with Crippen LogP contribution in [0.1, 0.15) is 16.7 Å². The smallest absolute Gasteiger partial charge is 0.164 e. The normalized spacial score (nSPS) is 12.2. The molecule has 272 valence electrons. The number of hydrogen-bond acceptors (Lipinski definition) is 4. The van der Waals surface area contributed by atoms with E-state index in [2.05, 4.69) is 164 Å². The fourth-order valence-corrected chi connectivity index (χ4v) is 8.33. The Kier molecular flexibility index (Phi) is 8.18. The van der Waals surface area contributed by atoms with Crippen LogP contribution in [0.25, 0.3) is 101 Å². The monoisotopic (exact) mass is 741 g/mol. The van der Waals surface area contributed by atoms with Gasteiger partial charge < -0.3 is 4.42 Å². The molecule has 2 aromatic heterocycles. The lowest BCUT2D eigenvalue weighted by molar-refractivity contribution is 0.669. The Morgan fingerprint density at radius 3 is 1.66 bits per heavy atom. The minimum atomic E-state index is 0.589. The summed E-state index contributed by atoms with van der Waals surface area (Å²) in [6.45, 7) is 0. The molecule has 0 fully saturated rings. The van der Waals surface area contributed by atoms with Gasteiger partial charge in [0, 0.05) is 27.5 Å². The van der Waals surface area contributed by atoms with Gasteiger partial charge in [-0.3, -0.25) is 0 Å². The van der Waals surface area contributed by atoms with Crippen LogP contribution in [0.2, 0.25) is 0 Å². The van der Waals surface area contributed by atoms with Gasteiger partial charge in [0.2, 0.25) is 0 Å². The van der Waals surface area contributed by atoms with E-state index >= 15 is 0 Å². The number of fused-ring (bicyclic) bond motifs is 6. The van der Waals surface area contributed by atoms with E-state index in [-0.39, 0.29) is 0 Å². The molecule has 1 aliphatic carbocycles. The first-order chi connectivity index (χ1) is 28.7. The van der Waals surface area contributed by atoms with Crippen molar-refractivity contribution < 1.29 is 4.42 Å². The molecule has 0 aliphatic heterocycles. The van der Waals surface area contributed by atoms with Crippen LogP contribution in [0.5, 0.6) is 0 Å². The van der Waals surface area contributed by atoms with E-state index in [0.717, 1.165) is 56.2 Å². The van der Waals surface area contributed by atoms with Crippen molar-refractivity contribution in [3.05, 3.63) is 211 Å². The second-order valence-electron chi connectivity index (χ2n) is 14.8. The topological polar surface area (TPSA) is 51.8 Å². The largest absolute Gasteiger partial charge is 0.456 e. The molecule has 0 saturated heterocycles. The second kappa shape index (κ2) is 14.1. The van der Waals surface area contributed by atoms with Gasteiger partial charge in [-0.2, -0.15) is 0 Å². The summed E-state index contributed by atoms with van der Waals surface area (Å²) in [6.07, 6.45) is 3.17. The summed E-state index contributed by atoms with van der Waals surface area (Å²) < 4.78 is 6.68. The van der Waals surface area contributed by atoms with E-state index in [1.54, 1.807) is 0 Å². The summed E-state index contributed by atoms with van der Waals surface area (Å²) in [7, 11) is 0. The zero-order chi connectivity index (χ0) is 38.4. The maximum Gasteiger partial charge on any atom is 0.164 e. The molecule has 0 unspecified atom stereocenters. The van der Waals surface area contributed by atoms with Crippen LogP contribution in [0.4, 0.5) is 0 Å². The highest BCUT2D eigenvalue weighted by Crippen LogP contribution is 2.42. The molecule has 11 rings (SSSR count). The third-order valence-corrected chi connectivity index (χ3v) is 11.2. The summed E-state index contributed by atoms with van der Waals surface area (Å²) in [5, 5.41) is 2.16. The highest BCUT2D eigenvalue weighted by atomic mass is 16.3. The molecule has 0 bridgehead atoms. The number of aromatic nitrogens is 3. The van der Waals surface area contributed by atoms with Crippen LogP contribution in [-0.2, 0) is 6.42 Å². The Morgan fingerprint density at radius 2 is 0.914 bits per heavy atom. The lowest BCUT2D eigenvalue weighted by Gasteiger charge is -2.12. The lowest BCUT2D eigenvalue weighted by atomic mass is 9.92. The molecule has 4 heteroatoms. The Balaban J connectivity index is 1.03. The Morgan fingerprint density at radius 1 is 0.362 bits per heavy atom. The summed E-state index contributed by atoms with van der Waals surface area (Å²) in [4.78, 5) is 15.1. The third-order valence-electron chi connectivity index (χ3n) is 11.2. The predicted molar refractivity (Wildman–Crippen MR) is 238 cm³/mol. The molecular weight excluding hydrogens is 707 g/mol. The number of allylic oxidation sites excluding steroid dienone is 1. The van der Waals surface area contributed by atoms with Gasteiger partial charge in [-0.1, -0.05) is 170 Å². The first-order valence-corrected chi connectivity index (χ1v) is 19.6. The van der Waals surface area contributed by atoms with Crippen molar-refractivity contribution in [3.8, 4) is 67.5 Å². The Hall–Kier alpha value is -7.69. The molecule has 0 N–H and O–H groups in total. The number of nitrogens with zero attached hydrogens (tertiary/aromatic N) is 3. The summed E-state index contributed by atoms with van der Waals surface area (Å²) >= 11 is 0. The predicted octanol–water partition coefficient (Wildman–Crippen LogP) is 13.9. The minimum absolute atomic E-state index is 0.589. The van der Waals surface area contributed by atoms with Crippen LogP contribution in [0.3, 0.4) is 0 Å². The van der Waals surface area contributed by atoms with Crippen molar-refractivity contribution in [1.82, 2.24) is 15.0 Å². The van der Waals surface area contributed by atoms with Crippen LogP contribution < -0.4 is 0 Å². The van der Waals surface area contributed by atoms with Gasteiger partial charge >= 0.3 is 0 Å². The van der Waals surface area contributed by atoms with E-state index in [4.69, 9.17) is 19.4 Å². The summed E-state index contributed by atoms with van der Waals surface area (Å²) in [5.74, 6) is 1.82. The van der Waals surface area contributed by atoms with Crippen molar-refractivity contribution in [2.24, 2.45) is 0 Å². The maximum absolute atomic E-state index is 6.68. The highest BCUT2D eigenvalue weighted by Gasteiger charge is 2.21. The standard InChI is InChI=1S/C54H35N3O/c1-4-14-35(15-5-1)38-21-12-22-42(30-38)53-55-52(37-18-8-3-9-19-37)56-54(57-53)43-28-29-47-50(34-43)58-49-25-13-24-46(51(47)49)44-31-40-20-10-11-23-45(40)48-33-39(26-27-41(48)32-44)36-16-6-2-7-17-36/h1-30,32-34H,31H2. The molecule has 10 aromatic rings. The zero-order valence-corrected chi connectivity index (χ0v) is 31.5. The molecule has 58 heavy (non-hydrogen) atoms. The van der Waals surface area contributed by atoms with Crippen molar-refractivity contribution in [2.75, 3.05) is 0 Å². The van der Waals surface area contributed by atoms with Gasteiger partial charge in [-0.05, 0) is 92.4 Å².